The number of ether oxygens (including phenoxy) is 3. The quantitative estimate of drug-likeness (QED) is 0.0515. The van der Waals surface area contributed by atoms with E-state index in [0.29, 0.717) is 6.47 Å². The number of carbonyl (C=O) groups is 2. The van der Waals surface area contributed by atoms with E-state index in [4.69, 9.17) is 9.47 Å². The van der Waals surface area contributed by atoms with Crippen LogP contribution in [0.3, 0.4) is 0 Å². The Kier molecular flexibility index (Phi) is 35.9. The molecule has 0 aliphatic heterocycles. The van der Waals surface area contributed by atoms with Gasteiger partial charge in [-0.05, 0) is 81.2 Å². The van der Waals surface area contributed by atoms with E-state index in [-0.39, 0.29) is 18.0 Å². The van der Waals surface area contributed by atoms with Gasteiger partial charge < -0.3 is 25.0 Å². The zero-order valence-electron chi connectivity index (χ0n) is 34.4. The van der Waals surface area contributed by atoms with Gasteiger partial charge in [-0.1, -0.05) is 117 Å². The van der Waals surface area contributed by atoms with E-state index in [2.05, 4.69) is 73.7 Å². The monoisotopic (exact) mass is 702 g/mol. The van der Waals surface area contributed by atoms with Gasteiger partial charge in [0.2, 0.25) is 0 Å². The molecule has 1 aliphatic rings. The Hall–Kier alpha value is -3.52. The summed E-state index contributed by atoms with van der Waals surface area (Å²) < 4.78 is 15.1. The van der Waals surface area contributed by atoms with Crippen LogP contribution in [0.25, 0.3) is 0 Å². The molecule has 0 aromatic heterocycles. The molecule has 0 amide bonds. The lowest BCUT2D eigenvalue weighted by atomic mass is 9.89. The minimum atomic E-state index is -0.143. The first-order chi connectivity index (χ1) is 24.2. The second-order valence-corrected chi connectivity index (χ2v) is 11.3. The van der Waals surface area contributed by atoms with Crippen LogP contribution in [0.2, 0.25) is 0 Å². The molecule has 1 fully saturated rings. The Bertz CT molecular complexity index is 1120. The van der Waals surface area contributed by atoms with Crippen molar-refractivity contribution < 1.29 is 23.8 Å². The van der Waals surface area contributed by atoms with Crippen LogP contribution in [0.1, 0.15) is 144 Å². The van der Waals surface area contributed by atoms with Crippen LogP contribution in [0.5, 0.6) is 0 Å². The molecule has 50 heavy (non-hydrogen) atoms. The number of carbonyl (C=O) groups excluding carboxylic acids is 2. The van der Waals surface area contributed by atoms with Crippen molar-refractivity contribution in [2.75, 3.05) is 28.3 Å². The fraction of sp³-hybridized carbons (Fsp3) is 0.619. The van der Waals surface area contributed by atoms with E-state index in [9.17, 15) is 9.59 Å². The third kappa shape index (κ3) is 22.2. The molecule has 1 aromatic rings. The summed E-state index contributed by atoms with van der Waals surface area (Å²) in [6.07, 6.45) is 17.1. The summed E-state index contributed by atoms with van der Waals surface area (Å²) in [5, 5.41) is 3.29. The highest BCUT2D eigenvalue weighted by atomic mass is 16.5. The van der Waals surface area contributed by atoms with Gasteiger partial charge in [-0.25, -0.2) is 5.43 Å². The van der Waals surface area contributed by atoms with Crippen molar-refractivity contribution in [3.63, 3.8) is 0 Å². The fourth-order valence-electron chi connectivity index (χ4n) is 5.30. The van der Waals surface area contributed by atoms with E-state index in [1.165, 1.54) is 37.6 Å². The van der Waals surface area contributed by atoms with Crippen molar-refractivity contribution in [3.8, 4) is 0 Å². The van der Waals surface area contributed by atoms with Crippen molar-refractivity contribution in [3.05, 3.63) is 81.9 Å². The number of benzene rings is 1. The number of esters is 1. The number of aryl methyl sites for hydroxylation is 1. The number of hydrazine groups is 1. The molecule has 0 bridgehead atoms. The lowest BCUT2D eigenvalue weighted by Crippen LogP contribution is -2.30. The van der Waals surface area contributed by atoms with Crippen LogP contribution in [0.4, 0.5) is 0 Å². The first-order valence-corrected chi connectivity index (χ1v) is 18.9. The Morgan fingerprint density at radius 3 is 2.00 bits per heavy atom. The molecular weight excluding hydrogens is 626 g/mol. The number of methoxy groups -OCH3 is 2. The second kappa shape index (κ2) is 35.3. The van der Waals surface area contributed by atoms with E-state index in [1.54, 1.807) is 7.11 Å². The molecule has 0 spiro atoms. The summed E-state index contributed by atoms with van der Waals surface area (Å²) >= 11 is 0. The third-order valence-electron chi connectivity index (χ3n) is 7.76. The first kappa shape index (κ1) is 50.9. The average Bonchev–Trinajstić information content (AvgIpc) is 3.16. The molecule has 2 rings (SSSR count). The molecule has 1 aliphatic carbocycles. The predicted molar refractivity (Wildman–Crippen MR) is 213 cm³/mol. The summed E-state index contributed by atoms with van der Waals surface area (Å²) in [6.45, 7) is 21.0. The number of hydrogen-bond acceptors (Lipinski definition) is 8. The van der Waals surface area contributed by atoms with Crippen molar-refractivity contribution in [1.82, 2.24) is 16.2 Å². The van der Waals surface area contributed by atoms with Gasteiger partial charge in [0.05, 0.1) is 25.8 Å². The maximum absolute atomic E-state index is 10.9. The van der Waals surface area contributed by atoms with Gasteiger partial charge in [-0.15, -0.1) is 0 Å². The van der Waals surface area contributed by atoms with Gasteiger partial charge in [0.15, 0.2) is 0 Å². The molecule has 8 nitrogen and oxygen atoms in total. The average molecular weight is 702 g/mol. The van der Waals surface area contributed by atoms with Crippen LogP contribution in [-0.4, -0.2) is 40.8 Å². The SMILES string of the molecule is CC.CC.CC/C=C(C)/C(=C\C=C(C)\C(NNC)=C(\CCC)NC)OC.CCCc1ccccc1C(C)OC=O.COC(=O)C1CCCCC1. The standard InChI is InChI=1S/C18H33N3O.C12H16O2.C8H14O2.2C2H6/c1-8-10-14(3)17(22-7)13-12-15(4)18(21-20-6)16(19-5)11-9-2;1-3-6-11-7-4-5-8-12(11)10(2)14-9-13;1-10-8(9)7-5-3-2-4-6-7;2*1-2/h10,12-13,19-21H,8-9,11H2,1-7H3;4-5,7-10H,3,6H2,1-2H3;7H,2-6H2,1H3;2*1-2H3/b14-10+,15-12+,17-13+,18-16+;;;;. The number of hydrogen-bond donors (Lipinski definition) is 3. The molecule has 0 radical (unpaired) electrons. The number of rotatable bonds is 16. The summed E-state index contributed by atoms with van der Waals surface area (Å²) in [6, 6.07) is 8.09. The van der Waals surface area contributed by atoms with E-state index in [1.807, 2.05) is 73.0 Å². The van der Waals surface area contributed by atoms with E-state index in [0.717, 1.165) is 73.1 Å². The molecule has 3 N–H and O–H groups in total. The van der Waals surface area contributed by atoms with Gasteiger partial charge in [0.1, 0.15) is 11.9 Å². The minimum Gasteiger partial charge on any atom is -0.497 e. The highest BCUT2D eigenvalue weighted by Crippen LogP contribution is 2.24. The summed E-state index contributed by atoms with van der Waals surface area (Å²) in [5.41, 5.74) is 13.2. The van der Waals surface area contributed by atoms with Crippen molar-refractivity contribution in [2.24, 2.45) is 5.92 Å². The third-order valence-corrected chi connectivity index (χ3v) is 7.76. The van der Waals surface area contributed by atoms with E-state index >= 15 is 0 Å². The molecular formula is C42H75N3O5. The highest BCUT2D eigenvalue weighted by Gasteiger charge is 2.21. The molecule has 288 valence electrons. The Labute approximate surface area is 307 Å². The Balaban J connectivity index is -0.000000672. The zero-order chi connectivity index (χ0) is 38.7. The molecule has 8 heteroatoms. The Morgan fingerprint density at radius 1 is 0.900 bits per heavy atom. The molecule has 1 saturated carbocycles. The highest BCUT2D eigenvalue weighted by molar-refractivity contribution is 5.72. The smallest absolute Gasteiger partial charge is 0.308 e. The van der Waals surface area contributed by atoms with Crippen LogP contribution >= 0.6 is 0 Å². The lowest BCUT2D eigenvalue weighted by molar-refractivity contribution is -0.146. The maximum atomic E-state index is 10.9. The molecule has 0 saturated heterocycles. The topological polar surface area (TPSA) is 97.9 Å². The molecule has 1 atom stereocenters. The number of nitrogens with one attached hydrogen (secondary N) is 3. The minimum absolute atomic E-state index is 0.0142. The Morgan fingerprint density at radius 2 is 1.52 bits per heavy atom. The maximum Gasteiger partial charge on any atom is 0.308 e. The van der Waals surface area contributed by atoms with Crippen molar-refractivity contribution in [2.45, 2.75) is 140 Å². The molecule has 0 heterocycles. The van der Waals surface area contributed by atoms with Crippen LogP contribution in [0, 0.1) is 5.92 Å². The van der Waals surface area contributed by atoms with Gasteiger partial charge in [0, 0.05) is 19.8 Å². The first-order valence-electron chi connectivity index (χ1n) is 18.9. The van der Waals surface area contributed by atoms with Crippen molar-refractivity contribution in [1.29, 1.82) is 0 Å². The van der Waals surface area contributed by atoms with E-state index < -0.39 is 0 Å². The normalized spacial score (nSPS) is 14.2. The largest absolute Gasteiger partial charge is 0.497 e. The van der Waals surface area contributed by atoms with Gasteiger partial charge in [0.25, 0.3) is 6.47 Å². The van der Waals surface area contributed by atoms with Gasteiger partial charge >= 0.3 is 5.97 Å². The molecule has 1 aromatic carbocycles. The van der Waals surface area contributed by atoms with Gasteiger partial charge in [-0.2, -0.15) is 0 Å². The zero-order valence-corrected chi connectivity index (χ0v) is 34.4. The summed E-state index contributed by atoms with van der Waals surface area (Å²) in [4.78, 5) is 21.2. The van der Waals surface area contributed by atoms with Crippen molar-refractivity contribution >= 4 is 12.4 Å². The summed E-state index contributed by atoms with van der Waals surface area (Å²) in [5.74, 6) is 1.09. The van der Waals surface area contributed by atoms with Crippen LogP contribution in [-0.2, 0) is 30.2 Å². The van der Waals surface area contributed by atoms with Gasteiger partial charge in [-0.3, -0.25) is 9.59 Å². The second-order valence-electron chi connectivity index (χ2n) is 11.3. The van der Waals surface area contributed by atoms with Crippen LogP contribution < -0.4 is 16.2 Å². The van der Waals surface area contributed by atoms with Crippen LogP contribution in [0.15, 0.2) is 70.8 Å². The fourth-order valence-corrected chi connectivity index (χ4v) is 5.30. The number of allylic oxidation sites excluding steroid dienone is 6. The summed E-state index contributed by atoms with van der Waals surface area (Å²) in [7, 11) is 7.01. The lowest BCUT2D eigenvalue weighted by Gasteiger charge is -2.18. The molecule has 1 unspecified atom stereocenters. The predicted octanol–water partition coefficient (Wildman–Crippen LogP) is 10.4.